The minimum atomic E-state index is -4.28. The van der Waals surface area contributed by atoms with Crippen LogP contribution in [0.4, 0.5) is 18.9 Å². The molecule has 0 saturated heterocycles. The van der Waals surface area contributed by atoms with E-state index in [1.54, 1.807) is 0 Å². The van der Waals surface area contributed by atoms with E-state index in [2.05, 4.69) is 5.32 Å². The average molecular weight is 266 g/mol. The molecule has 1 nitrogen and oxygen atoms in total. The van der Waals surface area contributed by atoms with Crippen molar-refractivity contribution in [3.8, 4) is 0 Å². The van der Waals surface area contributed by atoms with Crippen LogP contribution < -0.4 is 5.32 Å². The molecule has 2 unspecified atom stereocenters. The van der Waals surface area contributed by atoms with Crippen molar-refractivity contribution in [1.82, 2.24) is 0 Å². The van der Waals surface area contributed by atoms with Gasteiger partial charge in [0.1, 0.15) is 0 Å². The predicted molar refractivity (Wildman–Crippen MR) is 64.4 cm³/mol. The molecule has 96 valence electrons. The van der Waals surface area contributed by atoms with E-state index in [1.165, 1.54) is 12.1 Å². The van der Waals surface area contributed by atoms with Gasteiger partial charge in [-0.1, -0.05) is 6.92 Å². The van der Waals surface area contributed by atoms with Gasteiger partial charge < -0.3 is 5.32 Å². The lowest BCUT2D eigenvalue weighted by atomic mass is 10.1. The standard InChI is InChI=1S/C12H15ClF3N/c1-8(7-13)9(2)17-11-5-3-10(4-6-11)12(14,15)16/h3-6,8-9,17H,7H2,1-2H3. The molecule has 0 bridgehead atoms. The smallest absolute Gasteiger partial charge is 0.382 e. The molecule has 0 aliphatic carbocycles. The van der Waals surface area contributed by atoms with E-state index in [0.717, 1.165) is 12.1 Å². The summed E-state index contributed by atoms with van der Waals surface area (Å²) in [6, 6.07) is 5.12. The van der Waals surface area contributed by atoms with Crippen molar-refractivity contribution in [3.05, 3.63) is 29.8 Å². The zero-order valence-electron chi connectivity index (χ0n) is 9.68. The summed E-state index contributed by atoms with van der Waals surface area (Å²) in [6.45, 7) is 3.93. The van der Waals surface area contributed by atoms with Crippen LogP contribution in [0, 0.1) is 5.92 Å². The quantitative estimate of drug-likeness (QED) is 0.797. The maximum atomic E-state index is 12.3. The number of anilines is 1. The topological polar surface area (TPSA) is 12.0 Å². The van der Waals surface area contributed by atoms with Gasteiger partial charge >= 0.3 is 6.18 Å². The van der Waals surface area contributed by atoms with Gasteiger partial charge in [-0.25, -0.2) is 0 Å². The highest BCUT2D eigenvalue weighted by Crippen LogP contribution is 2.30. The zero-order valence-corrected chi connectivity index (χ0v) is 10.4. The van der Waals surface area contributed by atoms with E-state index in [9.17, 15) is 13.2 Å². The molecule has 0 saturated carbocycles. The van der Waals surface area contributed by atoms with Gasteiger partial charge in [-0.3, -0.25) is 0 Å². The molecule has 0 radical (unpaired) electrons. The molecular weight excluding hydrogens is 251 g/mol. The monoisotopic (exact) mass is 265 g/mol. The van der Waals surface area contributed by atoms with E-state index >= 15 is 0 Å². The van der Waals surface area contributed by atoms with Crippen LogP contribution in [0.1, 0.15) is 19.4 Å². The second-order valence-corrected chi connectivity index (χ2v) is 4.45. The van der Waals surface area contributed by atoms with Gasteiger partial charge in [-0.2, -0.15) is 13.2 Å². The number of benzene rings is 1. The van der Waals surface area contributed by atoms with Crippen molar-refractivity contribution in [1.29, 1.82) is 0 Å². The number of hydrogen-bond acceptors (Lipinski definition) is 1. The number of rotatable bonds is 4. The summed E-state index contributed by atoms with van der Waals surface area (Å²) in [5.74, 6) is 0.758. The Labute approximate surface area is 104 Å². The highest BCUT2D eigenvalue weighted by Gasteiger charge is 2.29. The van der Waals surface area contributed by atoms with Crippen molar-refractivity contribution in [2.24, 2.45) is 5.92 Å². The lowest BCUT2D eigenvalue weighted by Crippen LogP contribution is -2.24. The molecule has 0 spiro atoms. The Morgan fingerprint density at radius 3 is 2.12 bits per heavy atom. The van der Waals surface area contributed by atoms with Crippen LogP contribution in [-0.2, 0) is 6.18 Å². The number of nitrogens with one attached hydrogen (secondary N) is 1. The molecule has 0 aliphatic rings. The summed E-state index contributed by atoms with van der Waals surface area (Å²) >= 11 is 5.71. The average Bonchev–Trinajstić information content (AvgIpc) is 2.27. The van der Waals surface area contributed by atoms with Crippen molar-refractivity contribution in [3.63, 3.8) is 0 Å². The largest absolute Gasteiger partial charge is 0.416 e. The van der Waals surface area contributed by atoms with Gasteiger partial charge in [-0.05, 0) is 37.1 Å². The fourth-order valence-electron chi connectivity index (χ4n) is 1.29. The molecule has 0 aliphatic heterocycles. The van der Waals surface area contributed by atoms with Crippen molar-refractivity contribution in [2.75, 3.05) is 11.2 Å². The van der Waals surface area contributed by atoms with Crippen LogP contribution in [0.25, 0.3) is 0 Å². The van der Waals surface area contributed by atoms with E-state index in [1.807, 2.05) is 13.8 Å². The summed E-state index contributed by atoms with van der Waals surface area (Å²) in [5.41, 5.74) is 0.0311. The van der Waals surface area contributed by atoms with Crippen LogP contribution >= 0.6 is 11.6 Å². The van der Waals surface area contributed by atoms with Gasteiger partial charge in [0, 0.05) is 17.6 Å². The van der Waals surface area contributed by atoms with E-state index < -0.39 is 11.7 Å². The number of halogens is 4. The Hall–Kier alpha value is -0.900. The van der Waals surface area contributed by atoms with Crippen LogP contribution in [0.2, 0.25) is 0 Å². The fourth-order valence-corrected chi connectivity index (χ4v) is 1.56. The molecule has 2 atom stereocenters. The molecule has 1 N–H and O–H groups in total. The molecule has 17 heavy (non-hydrogen) atoms. The maximum absolute atomic E-state index is 12.3. The molecule has 5 heteroatoms. The Morgan fingerprint density at radius 2 is 1.71 bits per heavy atom. The summed E-state index contributed by atoms with van der Waals surface area (Å²) in [7, 11) is 0. The lowest BCUT2D eigenvalue weighted by Gasteiger charge is -2.20. The zero-order chi connectivity index (χ0) is 13.1. The molecule has 1 aromatic carbocycles. The SMILES string of the molecule is CC(CCl)C(C)Nc1ccc(C(F)(F)F)cc1. The normalized spacial score (nSPS) is 15.4. The lowest BCUT2D eigenvalue weighted by molar-refractivity contribution is -0.137. The van der Waals surface area contributed by atoms with E-state index in [4.69, 9.17) is 11.6 Å². The van der Waals surface area contributed by atoms with E-state index in [0.29, 0.717) is 11.6 Å². The Balaban J connectivity index is 2.69. The Bertz CT molecular complexity index is 348. The molecule has 0 aromatic heterocycles. The molecule has 0 amide bonds. The summed E-state index contributed by atoms with van der Waals surface area (Å²) < 4.78 is 37.0. The van der Waals surface area contributed by atoms with Crippen LogP contribution in [0.3, 0.4) is 0 Å². The molecular formula is C12H15ClF3N. The maximum Gasteiger partial charge on any atom is 0.416 e. The van der Waals surface area contributed by atoms with Gasteiger partial charge in [-0.15, -0.1) is 11.6 Å². The summed E-state index contributed by atoms with van der Waals surface area (Å²) in [4.78, 5) is 0. The van der Waals surface area contributed by atoms with E-state index in [-0.39, 0.29) is 12.0 Å². The third kappa shape index (κ3) is 4.11. The number of hydrogen-bond donors (Lipinski definition) is 1. The second-order valence-electron chi connectivity index (χ2n) is 4.14. The summed E-state index contributed by atoms with van der Waals surface area (Å²) in [6.07, 6.45) is -4.28. The predicted octanol–water partition coefficient (Wildman–Crippen LogP) is 4.38. The van der Waals surface area contributed by atoms with Gasteiger partial charge in [0.05, 0.1) is 5.56 Å². The molecule has 1 aromatic rings. The van der Waals surface area contributed by atoms with Gasteiger partial charge in [0.2, 0.25) is 0 Å². The van der Waals surface area contributed by atoms with Crippen LogP contribution in [0.5, 0.6) is 0 Å². The van der Waals surface area contributed by atoms with Crippen molar-refractivity contribution < 1.29 is 13.2 Å². The second kappa shape index (κ2) is 5.63. The minimum absolute atomic E-state index is 0.115. The molecule has 0 fully saturated rings. The summed E-state index contributed by atoms with van der Waals surface area (Å²) in [5, 5.41) is 3.12. The van der Waals surface area contributed by atoms with Crippen LogP contribution in [-0.4, -0.2) is 11.9 Å². The van der Waals surface area contributed by atoms with Crippen molar-refractivity contribution >= 4 is 17.3 Å². The first kappa shape index (κ1) is 14.2. The number of alkyl halides is 4. The third-order valence-corrected chi connectivity index (χ3v) is 3.19. The fraction of sp³-hybridized carbons (Fsp3) is 0.500. The van der Waals surface area contributed by atoms with Gasteiger partial charge in [0.25, 0.3) is 0 Å². The first-order valence-electron chi connectivity index (χ1n) is 5.34. The Kier molecular flexibility index (Phi) is 4.69. The molecule has 1 rings (SSSR count). The highest BCUT2D eigenvalue weighted by atomic mass is 35.5. The highest BCUT2D eigenvalue weighted by molar-refractivity contribution is 6.18. The van der Waals surface area contributed by atoms with Crippen molar-refractivity contribution in [2.45, 2.75) is 26.1 Å². The Morgan fingerprint density at radius 1 is 1.18 bits per heavy atom. The molecule has 0 heterocycles. The third-order valence-electron chi connectivity index (χ3n) is 2.70. The minimum Gasteiger partial charge on any atom is -0.382 e. The first-order chi connectivity index (χ1) is 7.84. The first-order valence-corrected chi connectivity index (χ1v) is 5.88. The van der Waals surface area contributed by atoms with Gasteiger partial charge in [0.15, 0.2) is 0 Å². The van der Waals surface area contributed by atoms with Crippen LogP contribution in [0.15, 0.2) is 24.3 Å².